The Balaban J connectivity index is 1.94. The Morgan fingerprint density at radius 1 is 1.05 bits per heavy atom. The van der Waals surface area contributed by atoms with Crippen LogP contribution in [-0.4, -0.2) is 56.8 Å². The number of hydrogen-bond acceptors (Lipinski definition) is 3. The second-order valence-electron chi connectivity index (χ2n) is 7.62. The van der Waals surface area contributed by atoms with Gasteiger partial charge in [0.2, 0.25) is 0 Å². The molecule has 0 spiro atoms. The van der Waals surface area contributed by atoms with Crippen LogP contribution in [0.15, 0.2) is 0 Å². The maximum absolute atomic E-state index is 12.8. The Hall–Kier alpha value is -0.170. The summed E-state index contributed by atoms with van der Waals surface area (Å²) in [5, 5.41) is 3.19. The van der Waals surface area contributed by atoms with Gasteiger partial charge >= 0.3 is 0 Å². The van der Waals surface area contributed by atoms with Gasteiger partial charge in [-0.1, -0.05) is 20.8 Å². The Morgan fingerprint density at radius 3 is 2.10 bits per heavy atom. The average molecular weight is 317 g/mol. The van der Waals surface area contributed by atoms with Gasteiger partial charge in [0.15, 0.2) is 0 Å². The van der Waals surface area contributed by atoms with E-state index in [1.165, 1.54) is 0 Å². The van der Waals surface area contributed by atoms with E-state index in [-0.39, 0.29) is 5.41 Å². The first kappa shape index (κ1) is 17.2. The quantitative estimate of drug-likeness (QED) is 0.855. The average Bonchev–Trinajstić information content (AvgIpc) is 2.90. The SMILES string of the molecule is CNCC1CCN(S(=O)(=O)N2CCC(C(C)(C)C)C2)CC1. The van der Waals surface area contributed by atoms with Crippen molar-refractivity contribution in [3.05, 3.63) is 0 Å². The molecule has 0 radical (unpaired) electrons. The number of rotatable bonds is 4. The van der Waals surface area contributed by atoms with E-state index < -0.39 is 10.2 Å². The van der Waals surface area contributed by atoms with Crippen molar-refractivity contribution in [1.29, 1.82) is 0 Å². The summed E-state index contributed by atoms with van der Waals surface area (Å²) in [5.41, 5.74) is 0.185. The van der Waals surface area contributed by atoms with Gasteiger partial charge in [0.25, 0.3) is 10.2 Å². The van der Waals surface area contributed by atoms with Crippen molar-refractivity contribution < 1.29 is 8.42 Å². The Morgan fingerprint density at radius 2 is 1.62 bits per heavy atom. The molecule has 5 nitrogen and oxygen atoms in total. The van der Waals surface area contributed by atoms with Crippen LogP contribution >= 0.6 is 0 Å². The number of piperidine rings is 1. The second kappa shape index (κ2) is 6.52. The summed E-state index contributed by atoms with van der Waals surface area (Å²) in [6.07, 6.45) is 2.92. The maximum atomic E-state index is 12.8. The second-order valence-corrected chi connectivity index (χ2v) is 9.55. The molecule has 2 fully saturated rings. The van der Waals surface area contributed by atoms with E-state index in [4.69, 9.17) is 0 Å². The Labute approximate surface area is 130 Å². The van der Waals surface area contributed by atoms with E-state index in [1.54, 1.807) is 8.61 Å². The lowest BCUT2D eigenvalue weighted by Crippen LogP contribution is -2.47. The molecule has 2 heterocycles. The molecule has 2 saturated heterocycles. The molecular formula is C15H31N3O2S. The van der Waals surface area contributed by atoms with Gasteiger partial charge in [-0.15, -0.1) is 0 Å². The normalized spacial score (nSPS) is 27.3. The van der Waals surface area contributed by atoms with Gasteiger partial charge < -0.3 is 5.32 Å². The lowest BCUT2D eigenvalue weighted by molar-refractivity contribution is 0.238. The van der Waals surface area contributed by atoms with Crippen LogP contribution in [0.2, 0.25) is 0 Å². The fourth-order valence-electron chi connectivity index (χ4n) is 3.44. The third kappa shape index (κ3) is 3.97. The summed E-state index contributed by atoms with van der Waals surface area (Å²) in [6, 6.07) is 0. The Kier molecular flexibility index (Phi) is 5.34. The van der Waals surface area contributed by atoms with Gasteiger partial charge in [0, 0.05) is 26.2 Å². The zero-order valence-electron chi connectivity index (χ0n) is 13.9. The lowest BCUT2D eigenvalue weighted by atomic mass is 9.80. The van der Waals surface area contributed by atoms with Crippen LogP contribution in [0.3, 0.4) is 0 Å². The first-order chi connectivity index (χ1) is 9.75. The summed E-state index contributed by atoms with van der Waals surface area (Å²) >= 11 is 0. The van der Waals surface area contributed by atoms with Gasteiger partial charge in [-0.05, 0) is 50.1 Å². The predicted molar refractivity (Wildman–Crippen MR) is 86.3 cm³/mol. The van der Waals surface area contributed by atoms with E-state index >= 15 is 0 Å². The van der Waals surface area contributed by atoms with Crippen molar-refractivity contribution in [3.63, 3.8) is 0 Å². The molecule has 0 aliphatic carbocycles. The molecule has 0 saturated carbocycles. The molecule has 2 rings (SSSR count). The van der Waals surface area contributed by atoms with Crippen molar-refractivity contribution in [2.24, 2.45) is 17.3 Å². The minimum absolute atomic E-state index is 0.185. The standard InChI is InChI=1S/C15H31N3O2S/c1-15(2,3)14-7-10-18(12-14)21(19,20)17-8-5-13(6-9-17)11-16-4/h13-14,16H,5-12H2,1-4H3. The van der Waals surface area contributed by atoms with Crippen LogP contribution in [0, 0.1) is 17.3 Å². The maximum Gasteiger partial charge on any atom is 0.281 e. The lowest BCUT2D eigenvalue weighted by Gasteiger charge is -2.34. The van der Waals surface area contributed by atoms with Crippen molar-refractivity contribution in [3.8, 4) is 0 Å². The van der Waals surface area contributed by atoms with E-state index in [0.29, 0.717) is 38.0 Å². The molecule has 1 atom stereocenters. The minimum Gasteiger partial charge on any atom is -0.319 e. The fraction of sp³-hybridized carbons (Fsp3) is 1.00. The molecule has 0 aromatic heterocycles. The zero-order valence-corrected chi connectivity index (χ0v) is 14.7. The third-order valence-electron chi connectivity index (χ3n) is 5.09. The van der Waals surface area contributed by atoms with Crippen LogP contribution in [0.25, 0.3) is 0 Å². The van der Waals surface area contributed by atoms with Gasteiger partial charge in [-0.25, -0.2) is 0 Å². The molecule has 2 aliphatic rings. The van der Waals surface area contributed by atoms with Gasteiger partial charge in [0.05, 0.1) is 0 Å². The molecule has 6 heteroatoms. The summed E-state index contributed by atoms with van der Waals surface area (Å²) in [7, 11) is -1.29. The molecule has 21 heavy (non-hydrogen) atoms. The van der Waals surface area contributed by atoms with Crippen molar-refractivity contribution in [2.45, 2.75) is 40.0 Å². The molecule has 0 bridgehead atoms. The van der Waals surface area contributed by atoms with E-state index in [2.05, 4.69) is 26.1 Å². The number of nitrogens with zero attached hydrogens (tertiary/aromatic N) is 2. The molecule has 0 aromatic rings. The minimum atomic E-state index is -3.25. The predicted octanol–water partition coefficient (Wildman–Crippen LogP) is 1.53. The first-order valence-corrected chi connectivity index (χ1v) is 9.54. The summed E-state index contributed by atoms with van der Waals surface area (Å²) < 4.78 is 28.9. The number of nitrogens with one attached hydrogen (secondary N) is 1. The first-order valence-electron chi connectivity index (χ1n) is 8.15. The summed E-state index contributed by atoms with van der Waals surface area (Å²) in [5.74, 6) is 1.08. The molecule has 124 valence electrons. The van der Waals surface area contributed by atoms with Gasteiger partial charge in [-0.2, -0.15) is 17.0 Å². The highest BCUT2D eigenvalue weighted by atomic mass is 32.2. The van der Waals surface area contributed by atoms with Crippen LogP contribution in [0.5, 0.6) is 0 Å². The third-order valence-corrected chi connectivity index (χ3v) is 7.10. The smallest absolute Gasteiger partial charge is 0.281 e. The largest absolute Gasteiger partial charge is 0.319 e. The molecule has 0 amide bonds. The molecule has 0 aromatic carbocycles. The summed E-state index contributed by atoms with van der Waals surface area (Å²) in [6.45, 7) is 10.3. The van der Waals surface area contributed by atoms with Crippen LogP contribution in [-0.2, 0) is 10.2 Å². The molecule has 1 N–H and O–H groups in total. The highest BCUT2D eigenvalue weighted by Gasteiger charge is 2.40. The van der Waals surface area contributed by atoms with Crippen LogP contribution in [0.1, 0.15) is 40.0 Å². The highest BCUT2D eigenvalue weighted by molar-refractivity contribution is 7.86. The number of hydrogen-bond donors (Lipinski definition) is 1. The zero-order chi connectivity index (χ0) is 15.7. The van der Waals surface area contributed by atoms with Gasteiger partial charge in [0.1, 0.15) is 0 Å². The summed E-state index contributed by atoms with van der Waals surface area (Å²) in [4.78, 5) is 0. The monoisotopic (exact) mass is 317 g/mol. The topological polar surface area (TPSA) is 52.7 Å². The highest BCUT2D eigenvalue weighted by Crippen LogP contribution is 2.35. The van der Waals surface area contributed by atoms with Crippen molar-refractivity contribution in [1.82, 2.24) is 13.9 Å². The van der Waals surface area contributed by atoms with E-state index in [9.17, 15) is 8.42 Å². The fourth-order valence-corrected chi connectivity index (χ4v) is 5.14. The van der Waals surface area contributed by atoms with Crippen LogP contribution < -0.4 is 5.32 Å². The van der Waals surface area contributed by atoms with E-state index in [0.717, 1.165) is 25.8 Å². The van der Waals surface area contributed by atoms with E-state index in [1.807, 2.05) is 7.05 Å². The molecule has 1 unspecified atom stereocenters. The van der Waals surface area contributed by atoms with Gasteiger partial charge in [-0.3, -0.25) is 0 Å². The molecular weight excluding hydrogens is 286 g/mol. The van der Waals surface area contributed by atoms with Crippen molar-refractivity contribution in [2.75, 3.05) is 39.8 Å². The molecule has 2 aliphatic heterocycles. The Bertz CT molecular complexity index is 436. The van der Waals surface area contributed by atoms with Crippen LogP contribution in [0.4, 0.5) is 0 Å². The van der Waals surface area contributed by atoms with Crippen molar-refractivity contribution >= 4 is 10.2 Å².